The van der Waals surface area contributed by atoms with Gasteiger partial charge < -0.3 is 15.4 Å². The Morgan fingerprint density at radius 3 is 2.75 bits per heavy atom. The van der Waals surface area contributed by atoms with Crippen molar-refractivity contribution in [2.45, 2.75) is 19.9 Å². The van der Waals surface area contributed by atoms with Crippen molar-refractivity contribution in [3.63, 3.8) is 0 Å². The third-order valence-electron chi connectivity index (χ3n) is 3.02. The molecule has 0 aliphatic heterocycles. The highest BCUT2D eigenvalue weighted by molar-refractivity contribution is 5.48. The molecule has 2 aromatic rings. The Labute approximate surface area is 119 Å². The molecule has 0 amide bonds. The van der Waals surface area contributed by atoms with Gasteiger partial charge in [0.2, 0.25) is 11.8 Å². The lowest BCUT2D eigenvalue weighted by atomic mass is 10.1. The highest BCUT2D eigenvalue weighted by Crippen LogP contribution is 2.18. The molecule has 1 heterocycles. The Hall–Kier alpha value is -2.30. The maximum absolute atomic E-state index is 6.01. The second-order valence-electron chi connectivity index (χ2n) is 4.52. The van der Waals surface area contributed by atoms with Crippen LogP contribution in [0.4, 0.5) is 11.6 Å². The molecule has 0 aliphatic rings. The van der Waals surface area contributed by atoms with Crippen LogP contribution in [0.2, 0.25) is 0 Å². The summed E-state index contributed by atoms with van der Waals surface area (Å²) in [5.74, 6) is 1.23. The smallest absolute Gasteiger partial charge is 0.228 e. The summed E-state index contributed by atoms with van der Waals surface area (Å²) >= 11 is 0. The van der Waals surface area contributed by atoms with Crippen molar-refractivity contribution in [1.29, 1.82) is 0 Å². The zero-order valence-electron chi connectivity index (χ0n) is 11.9. The summed E-state index contributed by atoms with van der Waals surface area (Å²) < 4.78 is 5.15. The number of methoxy groups -OCH3 is 1. The number of nitrogens with zero attached hydrogens (tertiary/aromatic N) is 3. The second-order valence-corrected chi connectivity index (χ2v) is 4.52. The van der Waals surface area contributed by atoms with Gasteiger partial charge in [-0.05, 0) is 18.1 Å². The zero-order valence-corrected chi connectivity index (χ0v) is 11.9. The van der Waals surface area contributed by atoms with Gasteiger partial charge in [-0.1, -0.05) is 25.1 Å². The van der Waals surface area contributed by atoms with Crippen LogP contribution >= 0.6 is 0 Å². The van der Waals surface area contributed by atoms with Crippen molar-refractivity contribution in [1.82, 2.24) is 9.97 Å². The van der Waals surface area contributed by atoms with Crippen LogP contribution in [0.5, 0.6) is 5.88 Å². The Bertz CT molecular complexity index is 559. The SMILES string of the molecule is CCCN(Cc1ccccc1N)c1nccc(OC)n1. The lowest BCUT2D eigenvalue weighted by Crippen LogP contribution is -2.26. The molecular formula is C15H20N4O. The van der Waals surface area contributed by atoms with Gasteiger partial charge in [-0.2, -0.15) is 4.98 Å². The highest BCUT2D eigenvalue weighted by atomic mass is 16.5. The van der Waals surface area contributed by atoms with Gasteiger partial charge in [-0.25, -0.2) is 4.98 Å². The molecule has 0 saturated carbocycles. The van der Waals surface area contributed by atoms with E-state index in [0.717, 1.165) is 24.2 Å². The maximum atomic E-state index is 6.01. The number of hydrogen-bond donors (Lipinski definition) is 1. The first kappa shape index (κ1) is 14.1. The van der Waals surface area contributed by atoms with Gasteiger partial charge in [0, 0.05) is 31.0 Å². The average molecular weight is 272 g/mol. The molecule has 0 bridgehead atoms. The van der Waals surface area contributed by atoms with Crippen LogP contribution in [0.3, 0.4) is 0 Å². The molecule has 1 aromatic heterocycles. The van der Waals surface area contributed by atoms with Crippen LogP contribution in [0, 0.1) is 0 Å². The molecule has 2 N–H and O–H groups in total. The zero-order chi connectivity index (χ0) is 14.4. The van der Waals surface area contributed by atoms with E-state index in [1.807, 2.05) is 24.3 Å². The largest absolute Gasteiger partial charge is 0.481 e. The second kappa shape index (κ2) is 6.75. The first-order chi connectivity index (χ1) is 9.74. The molecule has 2 rings (SSSR count). The normalized spacial score (nSPS) is 10.3. The van der Waals surface area contributed by atoms with E-state index < -0.39 is 0 Å². The minimum Gasteiger partial charge on any atom is -0.481 e. The van der Waals surface area contributed by atoms with Crippen LogP contribution < -0.4 is 15.4 Å². The van der Waals surface area contributed by atoms with Crippen molar-refractivity contribution >= 4 is 11.6 Å². The van der Waals surface area contributed by atoms with E-state index in [4.69, 9.17) is 10.5 Å². The summed E-state index contributed by atoms with van der Waals surface area (Å²) in [5.41, 5.74) is 7.87. The lowest BCUT2D eigenvalue weighted by Gasteiger charge is -2.23. The minimum atomic E-state index is 0.567. The highest BCUT2D eigenvalue weighted by Gasteiger charge is 2.11. The maximum Gasteiger partial charge on any atom is 0.228 e. The number of hydrogen-bond acceptors (Lipinski definition) is 5. The third kappa shape index (κ3) is 3.38. The Balaban J connectivity index is 2.24. The topological polar surface area (TPSA) is 64.3 Å². The fourth-order valence-electron chi connectivity index (χ4n) is 2.00. The number of ether oxygens (including phenoxy) is 1. The summed E-state index contributed by atoms with van der Waals surface area (Å²) in [6.45, 7) is 3.68. The first-order valence-electron chi connectivity index (χ1n) is 6.70. The van der Waals surface area contributed by atoms with E-state index in [2.05, 4.69) is 21.8 Å². The molecule has 106 valence electrons. The van der Waals surface area contributed by atoms with Crippen LogP contribution in [-0.4, -0.2) is 23.6 Å². The number of nitrogen functional groups attached to an aromatic ring is 1. The van der Waals surface area contributed by atoms with Gasteiger partial charge in [0.05, 0.1) is 7.11 Å². The molecule has 0 fully saturated rings. The molecule has 0 spiro atoms. The molecular weight excluding hydrogens is 252 g/mol. The quantitative estimate of drug-likeness (QED) is 0.818. The van der Waals surface area contributed by atoms with E-state index in [-0.39, 0.29) is 0 Å². The summed E-state index contributed by atoms with van der Waals surface area (Å²) in [6, 6.07) is 9.60. The average Bonchev–Trinajstić information content (AvgIpc) is 2.49. The predicted molar refractivity (Wildman–Crippen MR) is 80.8 cm³/mol. The van der Waals surface area contributed by atoms with Crippen molar-refractivity contribution in [3.8, 4) is 5.88 Å². The van der Waals surface area contributed by atoms with E-state index in [1.54, 1.807) is 19.4 Å². The molecule has 0 saturated heterocycles. The van der Waals surface area contributed by atoms with Gasteiger partial charge in [-0.15, -0.1) is 0 Å². The number of para-hydroxylation sites is 1. The van der Waals surface area contributed by atoms with Gasteiger partial charge in [0.1, 0.15) is 0 Å². The fourth-order valence-corrected chi connectivity index (χ4v) is 2.00. The van der Waals surface area contributed by atoms with Crippen molar-refractivity contribution in [3.05, 3.63) is 42.1 Å². The molecule has 20 heavy (non-hydrogen) atoms. The Kier molecular flexibility index (Phi) is 4.76. The molecule has 1 aromatic carbocycles. The monoisotopic (exact) mass is 272 g/mol. The number of nitrogens with two attached hydrogens (primary N) is 1. The number of benzene rings is 1. The number of anilines is 2. The van der Waals surface area contributed by atoms with Crippen LogP contribution in [0.1, 0.15) is 18.9 Å². The van der Waals surface area contributed by atoms with Crippen LogP contribution in [-0.2, 0) is 6.54 Å². The van der Waals surface area contributed by atoms with Gasteiger partial charge >= 0.3 is 0 Å². The Morgan fingerprint density at radius 2 is 2.05 bits per heavy atom. The van der Waals surface area contributed by atoms with Crippen LogP contribution in [0.25, 0.3) is 0 Å². The fraction of sp³-hybridized carbons (Fsp3) is 0.333. The number of rotatable bonds is 6. The van der Waals surface area contributed by atoms with Crippen molar-refractivity contribution < 1.29 is 4.74 Å². The van der Waals surface area contributed by atoms with Crippen molar-refractivity contribution in [2.24, 2.45) is 0 Å². The standard InChI is InChI=1S/C15H20N4O/c1-3-10-19(11-12-6-4-5-7-13(12)16)15-17-9-8-14(18-15)20-2/h4-9H,3,10-11,16H2,1-2H3. The molecule has 5 nitrogen and oxygen atoms in total. The summed E-state index contributed by atoms with van der Waals surface area (Å²) in [7, 11) is 1.60. The Morgan fingerprint density at radius 1 is 1.25 bits per heavy atom. The third-order valence-corrected chi connectivity index (χ3v) is 3.02. The van der Waals surface area contributed by atoms with Crippen molar-refractivity contribution in [2.75, 3.05) is 24.3 Å². The summed E-state index contributed by atoms with van der Waals surface area (Å²) in [6.07, 6.45) is 2.71. The van der Waals surface area contributed by atoms with E-state index in [1.165, 1.54) is 0 Å². The predicted octanol–water partition coefficient (Wildman–Crippen LogP) is 2.48. The molecule has 0 aliphatic carbocycles. The molecule has 5 heteroatoms. The van der Waals surface area contributed by atoms with E-state index in [0.29, 0.717) is 18.4 Å². The van der Waals surface area contributed by atoms with Gasteiger partial charge in [0.15, 0.2) is 0 Å². The minimum absolute atomic E-state index is 0.567. The summed E-state index contributed by atoms with van der Waals surface area (Å²) in [5, 5.41) is 0. The van der Waals surface area contributed by atoms with E-state index >= 15 is 0 Å². The first-order valence-corrected chi connectivity index (χ1v) is 6.70. The van der Waals surface area contributed by atoms with Gasteiger partial charge in [-0.3, -0.25) is 0 Å². The molecule has 0 radical (unpaired) electrons. The summed E-state index contributed by atoms with van der Waals surface area (Å²) in [4.78, 5) is 10.8. The van der Waals surface area contributed by atoms with E-state index in [9.17, 15) is 0 Å². The van der Waals surface area contributed by atoms with Crippen LogP contribution in [0.15, 0.2) is 36.5 Å². The van der Waals surface area contributed by atoms with Gasteiger partial charge in [0.25, 0.3) is 0 Å². The molecule has 0 unspecified atom stereocenters. The number of aromatic nitrogens is 2. The lowest BCUT2D eigenvalue weighted by molar-refractivity contribution is 0.396. The molecule has 0 atom stereocenters.